The third-order valence-electron chi connectivity index (χ3n) is 4.57. The second kappa shape index (κ2) is 4.67. The topological polar surface area (TPSA) is 72.9 Å². The lowest BCUT2D eigenvalue weighted by atomic mass is 9.77. The van der Waals surface area contributed by atoms with Crippen LogP contribution >= 0.6 is 0 Å². The van der Waals surface area contributed by atoms with Crippen molar-refractivity contribution in [3.05, 3.63) is 0 Å². The molecule has 6 nitrogen and oxygen atoms in total. The molecule has 1 aliphatic heterocycles. The lowest BCUT2D eigenvalue weighted by Crippen LogP contribution is -2.65. The summed E-state index contributed by atoms with van der Waals surface area (Å²) in [5, 5.41) is 12.0. The number of likely N-dealkylation sites (N-methyl/N-ethyl adjacent to an activating group) is 1. The summed E-state index contributed by atoms with van der Waals surface area (Å²) in [6, 6.07) is -0.247. The van der Waals surface area contributed by atoms with Gasteiger partial charge in [-0.2, -0.15) is 0 Å². The number of nitrogens with one attached hydrogen (secondary N) is 1. The number of nitrogens with zero attached hydrogens (tertiary/aromatic N) is 2. The lowest BCUT2D eigenvalue weighted by Gasteiger charge is -2.47. The molecule has 0 aromatic heterocycles. The van der Waals surface area contributed by atoms with Gasteiger partial charge in [0.2, 0.25) is 0 Å². The number of urea groups is 1. The minimum atomic E-state index is -1.02. The third-order valence-corrected chi connectivity index (χ3v) is 4.57. The predicted octanol–water partition coefficient (Wildman–Crippen LogP) is 0.729. The van der Waals surface area contributed by atoms with E-state index in [1.165, 1.54) is 0 Å². The Hall–Kier alpha value is -1.30. The number of carboxylic acids is 1. The van der Waals surface area contributed by atoms with E-state index < -0.39 is 11.5 Å². The summed E-state index contributed by atoms with van der Waals surface area (Å²) in [6.07, 6.45) is 1.93. The molecular formula is C13H23N3O3. The summed E-state index contributed by atoms with van der Waals surface area (Å²) in [5.74, 6) is -0.916. The van der Waals surface area contributed by atoms with Gasteiger partial charge in [-0.25, -0.2) is 9.59 Å². The molecule has 2 aliphatic rings. The first-order valence-corrected chi connectivity index (χ1v) is 6.79. The zero-order valence-corrected chi connectivity index (χ0v) is 11.9. The smallest absolute Gasteiger partial charge is 0.329 e. The number of hydrogen-bond donors (Lipinski definition) is 2. The summed E-state index contributed by atoms with van der Waals surface area (Å²) in [5.41, 5.74) is -1.10. The summed E-state index contributed by atoms with van der Waals surface area (Å²) >= 11 is 0. The number of aliphatic carboxylic acids is 1. The minimum absolute atomic E-state index is 0.0778. The van der Waals surface area contributed by atoms with Crippen molar-refractivity contribution in [3.8, 4) is 0 Å². The average molecular weight is 269 g/mol. The quantitative estimate of drug-likeness (QED) is 0.775. The first-order chi connectivity index (χ1) is 8.77. The first kappa shape index (κ1) is 14.1. The highest BCUT2D eigenvalue weighted by molar-refractivity contribution is 5.87. The van der Waals surface area contributed by atoms with Gasteiger partial charge in [-0.3, -0.25) is 4.90 Å². The Balaban J connectivity index is 1.99. The number of hydrogen-bond acceptors (Lipinski definition) is 3. The lowest BCUT2D eigenvalue weighted by molar-refractivity contribution is -0.148. The van der Waals surface area contributed by atoms with Crippen LogP contribution in [0.1, 0.15) is 33.1 Å². The van der Waals surface area contributed by atoms with Gasteiger partial charge in [-0.05, 0) is 40.2 Å². The van der Waals surface area contributed by atoms with E-state index in [1.54, 1.807) is 4.90 Å². The Labute approximate surface area is 113 Å². The van der Waals surface area contributed by atoms with E-state index in [2.05, 4.69) is 24.1 Å². The van der Waals surface area contributed by atoms with Crippen LogP contribution in [0.15, 0.2) is 0 Å². The Morgan fingerprint density at radius 3 is 2.26 bits per heavy atom. The molecule has 19 heavy (non-hydrogen) atoms. The predicted molar refractivity (Wildman–Crippen MR) is 71.0 cm³/mol. The van der Waals surface area contributed by atoms with Crippen molar-refractivity contribution in [2.24, 2.45) is 0 Å². The van der Waals surface area contributed by atoms with Gasteiger partial charge in [0, 0.05) is 25.2 Å². The van der Waals surface area contributed by atoms with Gasteiger partial charge >= 0.3 is 12.0 Å². The van der Waals surface area contributed by atoms with E-state index in [9.17, 15) is 14.7 Å². The van der Waals surface area contributed by atoms with Gasteiger partial charge in [-0.1, -0.05) is 0 Å². The Kier molecular flexibility index (Phi) is 3.47. The highest BCUT2D eigenvalue weighted by Gasteiger charge is 2.47. The Bertz CT molecular complexity index is 391. The van der Waals surface area contributed by atoms with Crippen molar-refractivity contribution in [2.45, 2.75) is 44.2 Å². The maximum Gasteiger partial charge on any atom is 0.329 e. The van der Waals surface area contributed by atoms with Crippen LogP contribution < -0.4 is 5.32 Å². The van der Waals surface area contributed by atoms with Gasteiger partial charge in [0.05, 0.1) is 0 Å². The third kappa shape index (κ3) is 2.54. The summed E-state index contributed by atoms with van der Waals surface area (Å²) in [7, 11) is 2.04. The summed E-state index contributed by atoms with van der Waals surface area (Å²) < 4.78 is 0. The van der Waals surface area contributed by atoms with Crippen LogP contribution in [0.25, 0.3) is 0 Å². The number of carbonyl (C=O) groups excluding carboxylic acids is 1. The molecule has 2 amide bonds. The Morgan fingerprint density at radius 2 is 1.84 bits per heavy atom. The van der Waals surface area contributed by atoms with Crippen molar-refractivity contribution in [1.29, 1.82) is 0 Å². The number of rotatable bonds is 2. The van der Waals surface area contributed by atoms with Crippen LogP contribution in [0.2, 0.25) is 0 Å². The fourth-order valence-electron chi connectivity index (χ4n) is 2.62. The average Bonchev–Trinajstić information content (AvgIpc) is 2.26. The standard InChI is InChI=1S/C13H23N3O3/c1-12(2)9-16(8-7-15(12)3)11(19)14-13(10(17)18)5-4-6-13/h4-9H2,1-3H3,(H,14,19)(H,17,18). The largest absolute Gasteiger partial charge is 0.480 e. The second-order valence-electron chi connectivity index (χ2n) is 6.33. The fourth-order valence-corrected chi connectivity index (χ4v) is 2.62. The van der Waals surface area contributed by atoms with E-state index in [4.69, 9.17) is 0 Å². The SMILES string of the molecule is CN1CCN(C(=O)NC2(C(=O)O)CCC2)CC1(C)C. The molecule has 108 valence electrons. The molecule has 0 bridgehead atoms. The van der Waals surface area contributed by atoms with Crippen molar-refractivity contribution in [2.75, 3.05) is 26.7 Å². The molecule has 1 saturated heterocycles. The summed E-state index contributed by atoms with van der Waals surface area (Å²) in [6.45, 7) is 6.23. The van der Waals surface area contributed by atoms with Crippen molar-refractivity contribution >= 4 is 12.0 Å². The highest BCUT2D eigenvalue weighted by Crippen LogP contribution is 2.32. The van der Waals surface area contributed by atoms with Crippen LogP contribution in [0.5, 0.6) is 0 Å². The zero-order valence-electron chi connectivity index (χ0n) is 11.9. The molecule has 2 fully saturated rings. The molecule has 0 aromatic rings. The van der Waals surface area contributed by atoms with E-state index in [0.717, 1.165) is 13.0 Å². The minimum Gasteiger partial charge on any atom is -0.480 e. The molecule has 6 heteroatoms. The van der Waals surface area contributed by atoms with Gasteiger partial charge < -0.3 is 15.3 Å². The van der Waals surface area contributed by atoms with E-state index >= 15 is 0 Å². The zero-order chi connectivity index (χ0) is 14.3. The van der Waals surface area contributed by atoms with E-state index in [0.29, 0.717) is 25.9 Å². The van der Waals surface area contributed by atoms with Crippen LogP contribution in [0.4, 0.5) is 4.79 Å². The van der Waals surface area contributed by atoms with Gasteiger partial charge in [-0.15, -0.1) is 0 Å². The molecule has 2 rings (SSSR count). The van der Waals surface area contributed by atoms with Crippen LogP contribution in [0.3, 0.4) is 0 Å². The van der Waals surface area contributed by atoms with E-state index in [-0.39, 0.29) is 11.6 Å². The number of carbonyl (C=O) groups is 2. The maximum atomic E-state index is 12.2. The van der Waals surface area contributed by atoms with Crippen LogP contribution in [-0.4, -0.2) is 64.7 Å². The molecule has 0 aromatic carbocycles. The number of piperazine rings is 1. The number of amides is 2. The van der Waals surface area contributed by atoms with Crippen molar-refractivity contribution < 1.29 is 14.7 Å². The molecule has 2 N–H and O–H groups in total. The molecular weight excluding hydrogens is 246 g/mol. The van der Waals surface area contributed by atoms with Gasteiger partial charge in [0.25, 0.3) is 0 Å². The molecule has 0 unspecified atom stereocenters. The monoisotopic (exact) mass is 269 g/mol. The molecule has 1 saturated carbocycles. The van der Waals surface area contributed by atoms with Crippen LogP contribution in [-0.2, 0) is 4.79 Å². The normalized spacial score (nSPS) is 25.5. The van der Waals surface area contributed by atoms with Gasteiger partial charge in [0.15, 0.2) is 0 Å². The highest BCUT2D eigenvalue weighted by atomic mass is 16.4. The molecule has 1 heterocycles. The van der Waals surface area contributed by atoms with Gasteiger partial charge in [0.1, 0.15) is 5.54 Å². The molecule has 1 aliphatic carbocycles. The van der Waals surface area contributed by atoms with Crippen LogP contribution in [0, 0.1) is 0 Å². The first-order valence-electron chi connectivity index (χ1n) is 6.79. The second-order valence-corrected chi connectivity index (χ2v) is 6.33. The van der Waals surface area contributed by atoms with Crippen molar-refractivity contribution in [1.82, 2.24) is 15.1 Å². The molecule has 0 spiro atoms. The maximum absolute atomic E-state index is 12.2. The molecule has 0 radical (unpaired) electrons. The molecule has 0 atom stereocenters. The number of carboxylic acid groups (broad SMARTS) is 1. The summed E-state index contributed by atoms with van der Waals surface area (Å²) in [4.78, 5) is 27.4. The van der Waals surface area contributed by atoms with E-state index in [1.807, 2.05) is 7.05 Å². The fraction of sp³-hybridized carbons (Fsp3) is 0.846. The Morgan fingerprint density at radius 1 is 1.21 bits per heavy atom. The van der Waals surface area contributed by atoms with Crippen molar-refractivity contribution in [3.63, 3.8) is 0 Å².